The van der Waals surface area contributed by atoms with Crippen LogP contribution >= 0.6 is 0 Å². The molecule has 1 aliphatic rings. The standard InChI is InChI=1S/C19H19N5O2/c1-13(25)16-3-2-14(11-20)10-17(16)23-15-4-8-24(9-5-15)19(26)18-12-21-6-7-22-18/h2-3,6-7,10,12,15,23H,4-5,8-9H2,1H3. The van der Waals surface area contributed by atoms with Crippen molar-refractivity contribution in [2.45, 2.75) is 25.8 Å². The van der Waals surface area contributed by atoms with Crippen LogP contribution < -0.4 is 5.32 Å². The number of benzene rings is 1. The first kappa shape index (κ1) is 17.5. The van der Waals surface area contributed by atoms with Crippen LogP contribution in [0.15, 0.2) is 36.8 Å². The Bertz CT molecular complexity index is 852. The zero-order valence-electron chi connectivity index (χ0n) is 14.5. The molecule has 0 radical (unpaired) electrons. The zero-order valence-corrected chi connectivity index (χ0v) is 14.5. The molecule has 0 unspecified atom stereocenters. The predicted octanol–water partition coefficient (Wildman–Crippen LogP) is 2.27. The smallest absolute Gasteiger partial charge is 0.274 e. The Morgan fingerprint density at radius 1 is 1.27 bits per heavy atom. The molecule has 1 aromatic carbocycles. The second kappa shape index (κ2) is 7.74. The number of likely N-dealkylation sites (tertiary alicyclic amines) is 1. The summed E-state index contributed by atoms with van der Waals surface area (Å²) >= 11 is 0. The molecule has 1 amide bonds. The summed E-state index contributed by atoms with van der Waals surface area (Å²) in [6.45, 7) is 2.70. The van der Waals surface area contributed by atoms with E-state index in [1.807, 2.05) is 0 Å². The Kier molecular flexibility index (Phi) is 5.23. The molecule has 1 saturated heterocycles. The average Bonchev–Trinajstić information content (AvgIpc) is 2.68. The minimum atomic E-state index is -0.118. The van der Waals surface area contributed by atoms with Crippen LogP contribution in [0.3, 0.4) is 0 Å². The molecule has 1 aromatic heterocycles. The van der Waals surface area contributed by atoms with E-state index >= 15 is 0 Å². The summed E-state index contributed by atoms with van der Waals surface area (Å²) in [4.78, 5) is 34.0. The van der Waals surface area contributed by atoms with Gasteiger partial charge in [0.2, 0.25) is 0 Å². The van der Waals surface area contributed by atoms with Gasteiger partial charge >= 0.3 is 0 Å². The number of rotatable bonds is 4. The highest BCUT2D eigenvalue weighted by Gasteiger charge is 2.25. The van der Waals surface area contributed by atoms with Crippen LogP contribution in [0.2, 0.25) is 0 Å². The maximum absolute atomic E-state index is 12.4. The number of aromatic nitrogens is 2. The molecule has 0 spiro atoms. The van der Waals surface area contributed by atoms with Gasteiger partial charge in [-0.15, -0.1) is 0 Å². The summed E-state index contributed by atoms with van der Waals surface area (Å²) in [6, 6.07) is 7.25. The van der Waals surface area contributed by atoms with Gasteiger partial charge in [-0.2, -0.15) is 5.26 Å². The molecular formula is C19H19N5O2. The molecule has 132 valence electrons. The topological polar surface area (TPSA) is 99.0 Å². The van der Waals surface area contributed by atoms with Crippen LogP contribution in [0.4, 0.5) is 5.69 Å². The Balaban J connectivity index is 1.65. The van der Waals surface area contributed by atoms with E-state index in [9.17, 15) is 9.59 Å². The van der Waals surface area contributed by atoms with Gasteiger partial charge in [-0.25, -0.2) is 4.98 Å². The summed E-state index contributed by atoms with van der Waals surface area (Å²) in [7, 11) is 0. The number of anilines is 1. The van der Waals surface area contributed by atoms with Crippen molar-refractivity contribution in [1.82, 2.24) is 14.9 Å². The van der Waals surface area contributed by atoms with Crippen LogP contribution in [0.1, 0.15) is 46.2 Å². The molecular weight excluding hydrogens is 330 g/mol. The first-order valence-corrected chi connectivity index (χ1v) is 8.45. The van der Waals surface area contributed by atoms with Crippen molar-refractivity contribution in [2.75, 3.05) is 18.4 Å². The number of amides is 1. The molecule has 0 aliphatic carbocycles. The van der Waals surface area contributed by atoms with Crippen molar-refractivity contribution in [3.63, 3.8) is 0 Å². The number of nitriles is 1. The van der Waals surface area contributed by atoms with E-state index in [1.165, 1.54) is 25.5 Å². The second-order valence-electron chi connectivity index (χ2n) is 6.23. The van der Waals surface area contributed by atoms with Crippen LogP contribution in [-0.2, 0) is 0 Å². The summed E-state index contributed by atoms with van der Waals surface area (Å²) in [6.07, 6.45) is 6.02. The number of nitrogens with one attached hydrogen (secondary N) is 1. The van der Waals surface area contributed by atoms with Crippen molar-refractivity contribution >= 4 is 17.4 Å². The van der Waals surface area contributed by atoms with Crippen molar-refractivity contribution in [1.29, 1.82) is 5.26 Å². The number of carbonyl (C=O) groups is 2. The summed E-state index contributed by atoms with van der Waals surface area (Å²) in [5, 5.41) is 12.5. The van der Waals surface area contributed by atoms with Crippen molar-refractivity contribution in [3.8, 4) is 6.07 Å². The van der Waals surface area contributed by atoms with Gasteiger partial charge in [-0.1, -0.05) is 0 Å². The number of hydrogen-bond acceptors (Lipinski definition) is 6. The number of piperidine rings is 1. The van der Waals surface area contributed by atoms with E-state index in [0.29, 0.717) is 35.6 Å². The van der Waals surface area contributed by atoms with Crippen molar-refractivity contribution < 1.29 is 9.59 Å². The lowest BCUT2D eigenvalue weighted by molar-refractivity contribution is 0.0712. The summed E-state index contributed by atoms with van der Waals surface area (Å²) in [5.74, 6) is -0.167. The third-order valence-corrected chi connectivity index (χ3v) is 4.45. The van der Waals surface area contributed by atoms with E-state index in [0.717, 1.165) is 12.8 Å². The van der Waals surface area contributed by atoms with Gasteiger partial charge in [0.15, 0.2) is 5.78 Å². The van der Waals surface area contributed by atoms with Gasteiger partial charge in [0, 0.05) is 42.8 Å². The van der Waals surface area contributed by atoms with Crippen molar-refractivity contribution in [2.24, 2.45) is 0 Å². The number of nitrogens with zero attached hydrogens (tertiary/aromatic N) is 4. The van der Waals surface area contributed by atoms with Crippen LogP contribution in [-0.4, -0.2) is 45.7 Å². The predicted molar refractivity (Wildman–Crippen MR) is 95.7 cm³/mol. The molecule has 7 nitrogen and oxygen atoms in total. The third-order valence-electron chi connectivity index (χ3n) is 4.45. The average molecular weight is 349 g/mol. The highest BCUT2D eigenvalue weighted by molar-refractivity contribution is 5.99. The maximum atomic E-state index is 12.4. The molecule has 0 bridgehead atoms. The lowest BCUT2D eigenvalue weighted by Crippen LogP contribution is -2.42. The molecule has 2 heterocycles. The normalized spacial score (nSPS) is 14.5. The summed E-state index contributed by atoms with van der Waals surface area (Å²) in [5.41, 5.74) is 2.10. The van der Waals surface area contributed by atoms with Gasteiger partial charge < -0.3 is 10.2 Å². The fourth-order valence-electron chi connectivity index (χ4n) is 3.06. The van der Waals surface area contributed by atoms with Gasteiger partial charge in [0.25, 0.3) is 5.91 Å². The quantitative estimate of drug-likeness (QED) is 0.850. The largest absolute Gasteiger partial charge is 0.382 e. The van der Waals surface area contributed by atoms with Crippen LogP contribution in [0, 0.1) is 11.3 Å². The molecule has 7 heteroatoms. The van der Waals surface area contributed by atoms with E-state index < -0.39 is 0 Å². The number of ketones is 1. The molecule has 0 atom stereocenters. The van der Waals surface area contributed by atoms with Gasteiger partial charge in [-0.3, -0.25) is 14.6 Å². The first-order chi connectivity index (χ1) is 12.6. The second-order valence-corrected chi connectivity index (χ2v) is 6.23. The minimum absolute atomic E-state index is 0.0488. The SMILES string of the molecule is CC(=O)c1ccc(C#N)cc1NC1CCN(C(=O)c2cnccn2)CC1. The van der Waals surface area contributed by atoms with E-state index in [4.69, 9.17) is 5.26 Å². The van der Waals surface area contributed by atoms with Crippen molar-refractivity contribution in [3.05, 3.63) is 53.6 Å². The molecule has 3 rings (SSSR count). The summed E-state index contributed by atoms with van der Waals surface area (Å²) < 4.78 is 0. The molecule has 1 N–H and O–H groups in total. The van der Waals surface area contributed by atoms with E-state index in [-0.39, 0.29) is 17.7 Å². The van der Waals surface area contributed by atoms with Gasteiger partial charge in [0.1, 0.15) is 5.69 Å². The molecule has 1 fully saturated rings. The minimum Gasteiger partial charge on any atom is -0.382 e. The third kappa shape index (κ3) is 3.86. The number of hydrogen-bond donors (Lipinski definition) is 1. The van der Waals surface area contributed by atoms with E-state index in [2.05, 4.69) is 21.4 Å². The highest BCUT2D eigenvalue weighted by atomic mass is 16.2. The van der Waals surface area contributed by atoms with Gasteiger partial charge in [-0.05, 0) is 38.0 Å². The Morgan fingerprint density at radius 2 is 2.04 bits per heavy atom. The first-order valence-electron chi connectivity index (χ1n) is 8.45. The fourth-order valence-corrected chi connectivity index (χ4v) is 3.06. The molecule has 26 heavy (non-hydrogen) atoms. The Labute approximate surface area is 151 Å². The number of Topliss-reactive ketones (excluding diaryl/α,β-unsaturated/α-hetero) is 1. The lowest BCUT2D eigenvalue weighted by atomic mass is 10.0. The van der Waals surface area contributed by atoms with Crippen LogP contribution in [0.5, 0.6) is 0 Å². The maximum Gasteiger partial charge on any atom is 0.274 e. The zero-order chi connectivity index (χ0) is 18.5. The lowest BCUT2D eigenvalue weighted by Gasteiger charge is -2.33. The van der Waals surface area contributed by atoms with Gasteiger partial charge in [0.05, 0.1) is 17.8 Å². The van der Waals surface area contributed by atoms with Crippen LogP contribution in [0.25, 0.3) is 0 Å². The van der Waals surface area contributed by atoms with E-state index in [1.54, 1.807) is 23.1 Å². The Morgan fingerprint density at radius 3 is 2.65 bits per heavy atom. The highest BCUT2D eigenvalue weighted by Crippen LogP contribution is 2.23. The number of carbonyl (C=O) groups excluding carboxylic acids is 2. The monoisotopic (exact) mass is 349 g/mol. The fraction of sp³-hybridized carbons (Fsp3) is 0.316. The Hall–Kier alpha value is -3.27. The molecule has 1 aliphatic heterocycles. The molecule has 0 saturated carbocycles. The molecule has 2 aromatic rings.